The van der Waals surface area contributed by atoms with Crippen molar-refractivity contribution >= 4 is 32.8 Å². The summed E-state index contributed by atoms with van der Waals surface area (Å²) in [5.41, 5.74) is 18.7. The largest absolute Gasteiger partial charge is 0.510 e. The van der Waals surface area contributed by atoms with Crippen LogP contribution in [0.25, 0.3) is 117 Å². The van der Waals surface area contributed by atoms with Crippen molar-refractivity contribution in [2.45, 2.75) is 118 Å². The summed E-state index contributed by atoms with van der Waals surface area (Å²) >= 11 is 0. The predicted octanol–water partition coefficient (Wildman–Crippen LogP) is 21.7. The van der Waals surface area contributed by atoms with Gasteiger partial charge in [-0.15, -0.1) is 29.7 Å². The molecule has 13 aromatic rings. The fourth-order valence-electron chi connectivity index (χ4n) is 12.9. The molecule has 6 heteroatoms. The molecule has 0 saturated carbocycles. The van der Waals surface area contributed by atoms with Crippen molar-refractivity contribution in [1.82, 2.24) is 14.1 Å². The number of para-hydroxylation sites is 1. The Morgan fingerprint density at radius 2 is 1.00 bits per heavy atom. The molecule has 1 aliphatic heterocycles. The van der Waals surface area contributed by atoms with Gasteiger partial charge in [-0.2, -0.15) is 18.2 Å². The van der Waals surface area contributed by atoms with Gasteiger partial charge >= 0.3 is 0 Å². The molecule has 0 spiro atoms. The first-order valence-corrected chi connectivity index (χ1v) is 30.8. The molecule has 14 rings (SSSR count). The van der Waals surface area contributed by atoms with Crippen molar-refractivity contribution in [3.8, 4) is 95.5 Å². The summed E-state index contributed by atoms with van der Waals surface area (Å²) in [7, 11) is 0. The predicted molar refractivity (Wildman–Crippen MR) is 370 cm³/mol. The van der Waals surface area contributed by atoms with Gasteiger partial charge in [0.25, 0.3) is 6.33 Å². The van der Waals surface area contributed by atoms with E-state index in [1.54, 1.807) is 6.07 Å². The van der Waals surface area contributed by atoms with Crippen LogP contribution in [0.3, 0.4) is 0 Å². The minimum atomic E-state index is -2.66. The monoisotopic (exact) mass is 1360 g/mol. The van der Waals surface area contributed by atoms with E-state index in [2.05, 4.69) is 255 Å². The molecule has 0 unspecified atom stereocenters. The minimum absolute atomic E-state index is 0. The van der Waals surface area contributed by atoms with Gasteiger partial charge in [-0.25, -0.2) is 4.98 Å². The third-order valence-corrected chi connectivity index (χ3v) is 17.8. The van der Waals surface area contributed by atoms with Crippen molar-refractivity contribution in [2.75, 3.05) is 0 Å². The van der Waals surface area contributed by atoms with Crippen LogP contribution in [-0.2, 0) is 42.7 Å². The Bertz CT molecular complexity index is 5170. The second-order valence-electron chi connectivity index (χ2n) is 28.1. The first-order chi connectivity index (χ1) is 44.9. The average molecular weight is 1360 g/mol. The zero-order valence-electron chi connectivity index (χ0n) is 59.1. The molecule has 3 aromatic heterocycles. The molecule has 1 aliphatic rings. The molecular formula is C84H76N4OPt-2. The molecule has 5 nitrogen and oxygen atoms in total. The van der Waals surface area contributed by atoms with Gasteiger partial charge in [0, 0.05) is 52.5 Å². The van der Waals surface area contributed by atoms with Gasteiger partial charge in [0.1, 0.15) is 5.82 Å². The van der Waals surface area contributed by atoms with Gasteiger partial charge < -0.3 is 13.9 Å². The van der Waals surface area contributed by atoms with Crippen molar-refractivity contribution in [3.05, 3.63) is 258 Å². The average Bonchev–Trinajstić information content (AvgIpc) is 1.54. The quantitative estimate of drug-likeness (QED) is 0.118. The van der Waals surface area contributed by atoms with Gasteiger partial charge in [-0.3, -0.25) is 4.57 Å². The van der Waals surface area contributed by atoms with E-state index in [1.807, 2.05) is 48.7 Å². The normalized spacial score (nSPS) is 13.7. The summed E-state index contributed by atoms with van der Waals surface area (Å²) in [6.45, 7) is 21.5. The van der Waals surface area contributed by atoms with E-state index in [0.717, 1.165) is 106 Å². The first kappa shape index (κ1) is 53.0. The number of benzene rings is 10. The van der Waals surface area contributed by atoms with Gasteiger partial charge in [0.05, 0.1) is 16.7 Å². The Morgan fingerprint density at radius 1 is 0.433 bits per heavy atom. The Kier molecular flexibility index (Phi) is 13.1. The summed E-state index contributed by atoms with van der Waals surface area (Å²) < 4.78 is 67.2. The van der Waals surface area contributed by atoms with Crippen molar-refractivity contribution < 1.29 is 38.6 Å². The second kappa shape index (κ2) is 22.2. The van der Waals surface area contributed by atoms with E-state index < -0.39 is 13.7 Å². The van der Waals surface area contributed by atoms with E-state index in [0.29, 0.717) is 22.7 Å². The standard InChI is InChI=1S/C84H76N4O.Pt/c1-52-23-21-24-53(2)78(52)57-44-71(54-33-35-58(36-34-54)81(3,4)5)79-72(45-57)67-29-17-15-27-65(67)66-28-16-18-30-68(66)73-43-56(55-41-60(83(9,10)11)47-61(42-55)84(12,13)14)46-76-80(73)87(79)51-86(76)62-25-22-26-63(49-62)89-64-37-38-70-69-31-19-20-32-74(69)88(75(70)50-64)77-48-59(39-40-85-77)82(6,7)8;/h15-48H,1-14H3;/q-2;/i1D3,2D3;. The van der Waals surface area contributed by atoms with Crippen molar-refractivity contribution in [1.29, 1.82) is 0 Å². The number of fused-ring (bicyclic) bond motifs is 10. The third-order valence-electron chi connectivity index (χ3n) is 17.8. The Morgan fingerprint density at radius 3 is 1.64 bits per heavy atom. The summed E-state index contributed by atoms with van der Waals surface area (Å²) in [6, 6.07) is 75.8. The Labute approximate surface area is 554 Å². The van der Waals surface area contributed by atoms with Crippen LogP contribution >= 0.6 is 0 Å². The molecule has 90 heavy (non-hydrogen) atoms. The van der Waals surface area contributed by atoms with Crippen LogP contribution in [0.15, 0.2) is 206 Å². The molecule has 0 amide bonds. The summed E-state index contributed by atoms with van der Waals surface area (Å²) in [4.78, 5) is 4.93. The van der Waals surface area contributed by atoms with Crippen LogP contribution in [0.4, 0.5) is 0 Å². The number of hydrogen-bond donors (Lipinski definition) is 0. The minimum Gasteiger partial charge on any atom is -0.510 e. The van der Waals surface area contributed by atoms with E-state index in [-0.39, 0.29) is 59.4 Å². The maximum absolute atomic E-state index is 8.97. The van der Waals surface area contributed by atoms with Gasteiger partial charge in [-0.1, -0.05) is 222 Å². The molecule has 0 radical (unpaired) electrons. The van der Waals surface area contributed by atoms with Crippen molar-refractivity contribution in [2.24, 2.45) is 0 Å². The second-order valence-corrected chi connectivity index (χ2v) is 28.1. The Hall–Kier alpha value is -8.89. The van der Waals surface area contributed by atoms with Crippen molar-refractivity contribution in [3.63, 3.8) is 0 Å². The van der Waals surface area contributed by atoms with E-state index in [9.17, 15) is 0 Å². The summed E-state index contributed by atoms with van der Waals surface area (Å²) in [5.74, 6) is 1.76. The molecule has 0 bridgehead atoms. The molecule has 0 atom stereocenters. The molecule has 0 fully saturated rings. The number of ether oxygens (including phenoxy) is 1. The van der Waals surface area contributed by atoms with Gasteiger partial charge in [0.2, 0.25) is 0 Å². The molecule has 0 aliphatic carbocycles. The van der Waals surface area contributed by atoms with Crippen LogP contribution in [-0.4, -0.2) is 14.1 Å². The molecule has 4 heterocycles. The van der Waals surface area contributed by atoms with Gasteiger partial charge in [-0.05, 0) is 183 Å². The molecule has 0 saturated heterocycles. The number of aryl methyl sites for hydroxylation is 2. The Balaban J connectivity index is 0.00000833. The summed E-state index contributed by atoms with van der Waals surface area (Å²) in [5, 5.41) is 2.10. The first-order valence-electron chi connectivity index (χ1n) is 33.8. The maximum Gasteiger partial charge on any atom is 0.268 e. The van der Waals surface area contributed by atoms with E-state index in [1.165, 1.54) is 28.8 Å². The topological polar surface area (TPSA) is 35.9 Å². The number of pyridine rings is 1. The fourth-order valence-corrected chi connectivity index (χ4v) is 12.9. The molecule has 0 N–H and O–H groups in total. The molecular weight excluding hydrogens is 1280 g/mol. The maximum atomic E-state index is 8.97. The summed E-state index contributed by atoms with van der Waals surface area (Å²) in [6.07, 6.45) is 5.89. The molecule has 450 valence electrons. The molecule has 10 aromatic carbocycles. The number of nitrogens with zero attached hydrogens (tertiary/aromatic N) is 4. The van der Waals surface area contributed by atoms with Crippen LogP contribution < -0.4 is 9.30 Å². The third kappa shape index (κ3) is 10.6. The smallest absolute Gasteiger partial charge is 0.268 e. The number of hydrogen-bond acceptors (Lipinski definition) is 2. The number of rotatable bonds is 7. The SMILES string of the molecule is [2H]C([2H])([2H])c1cccc(C([2H])([2H])[2H])c1-c1cc(-c2ccc(C(C)(C)C)cc2)c2c(c1)-c1ccccc1-c1ccccc1-c1cc(-c3cc(C(C)(C)C)cc(C(C)(C)C)c3)cc3c1[n+]-2[c-]n3-c1[c-]c(Oc2[c-]c3c(cc2)c2ccccc2n3-c2cc(C(C)(C)C)ccn2)ccc1.[Pt]. The van der Waals surface area contributed by atoms with Crippen LogP contribution in [0.1, 0.15) is 125 Å². The van der Waals surface area contributed by atoms with Gasteiger partial charge in [0.15, 0.2) is 0 Å². The van der Waals surface area contributed by atoms with E-state index in [4.69, 9.17) is 17.9 Å². The number of imidazole rings is 1. The number of aromatic nitrogens is 4. The van der Waals surface area contributed by atoms with Crippen LogP contribution in [0.2, 0.25) is 0 Å². The zero-order valence-corrected chi connectivity index (χ0v) is 55.4. The fraction of sp³-hybridized carbons (Fsp3) is 0.214. The van der Waals surface area contributed by atoms with Crippen LogP contribution in [0.5, 0.6) is 11.5 Å². The van der Waals surface area contributed by atoms with E-state index >= 15 is 0 Å². The zero-order chi connectivity index (χ0) is 67.1. The van der Waals surface area contributed by atoms with Crippen LogP contribution in [0, 0.1) is 32.2 Å².